The molecule has 0 radical (unpaired) electrons. The van der Waals surface area contributed by atoms with Crippen LogP contribution in [0.3, 0.4) is 0 Å². The topological polar surface area (TPSA) is 79.3 Å². The molecule has 114 valence electrons. The summed E-state index contributed by atoms with van der Waals surface area (Å²) in [4.78, 5) is 26.5. The highest BCUT2D eigenvalue weighted by molar-refractivity contribution is 5.83. The number of likely N-dealkylation sites (N-methyl/N-ethyl adjacent to an activating group) is 1. The first-order chi connectivity index (χ1) is 9.59. The molecule has 0 aliphatic carbocycles. The van der Waals surface area contributed by atoms with Crippen LogP contribution in [0.15, 0.2) is 0 Å². The lowest BCUT2D eigenvalue weighted by atomic mass is 10.1. The molecule has 0 bridgehead atoms. The fourth-order valence-corrected chi connectivity index (χ4v) is 2.59. The molecule has 20 heavy (non-hydrogen) atoms. The SMILES string of the molecule is CN(CC1CCCCO1)C(=O)N1CCOCC1C(=O)O. The Morgan fingerprint density at radius 3 is 2.80 bits per heavy atom. The number of rotatable bonds is 3. The maximum Gasteiger partial charge on any atom is 0.328 e. The van der Waals surface area contributed by atoms with Gasteiger partial charge in [-0.15, -0.1) is 0 Å². The fraction of sp³-hybridized carbons (Fsp3) is 0.846. The smallest absolute Gasteiger partial charge is 0.328 e. The minimum Gasteiger partial charge on any atom is -0.480 e. The number of aliphatic carboxylic acids is 1. The van der Waals surface area contributed by atoms with Crippen LogP contribution in [0.2, 0.25) is 0 Å². The minimum atomic E-state index is -1.03. The first-order valence-electron chi connectivity index (χ1n) is 7.03. The molecular weight excluding hydrogens is 264 g/mol. The van der Waals surface area contributed by atoms with E-state index in [4.69, 9.17) is 14.6 Å². The number of hydrogen-bond acceptors (Lipinski definition) is 4. The summed E-state index contributed by atoms with van der Waals surface area (Å²) in [7, 11) is 1.69. The van der Waals surface area contributed by atoms with E-state index in [0.29, 0.717) is 19.7 Å². The second-order valence-electron chi connectivity index (χ2n) is 5.27. The van der Waals surface area contributed by atoms with Crippen molar-refractivity contribution < 1.29 is 24.2 Å². The van der Waals surface area contributed by atoms with Gasteiger partial charge in [0.1, 0.15) is 0 Å². The Kier molecular flexibility index (Phi) is 5.19. The Bertz CT molecular complexity index is 357. The number of urea groups is 1. The average Bonchev–Trinajstić information content (AvgIpc) is 2.47. The molecule has 0 aromatic heterocycles. The second kappa shape index (κ2) is 6.90. The zero-order chi connectivity index (χ0) is 14.5. The summed E-state index contributed by atoms with van der Waals surface area (Å²) in [5.74, 6) is -1.03. The number of ether oxygens (including phenoxy) is 2. The number of carbonyl (C=O) groups is 2. The van der Waals surface area contributed by atoms with Crippen molar-refractivity contribution in [1.29, 1.82) is 0 Å². The highest BCUT2D eigenvalue weighted by atomic mass is 16.5. The fourth-order valence-electron chi connectivity index (χ4n) is 2.59. The first kappa shape index (κ1) is 15.1. The highest BCUT2D eigenvalue weighted by Gasteiger charge is 2.34. The van der Waals surface area contributed by atoms with Gasteiger partial charge in [-0.3, -0.25) is 0 Å². The van der Waals surface area contributed by atoms with E-state index in [1.165, 1.54) is 4.90 Å². The lowest BCUT2D eigenvalue weighted by Gasteiger charge is -2.36. The standard InChI is InChI=1S/C13H22N2O5/c1-14(8-10-4-2-3-6-20-10)13(18)15-5-7-19-9-11(15)12(16)17/h10-11H,2-9H2,1H3,(H,16,17). The van der Waals surface area contributed by atoms with Gasteiger partial charge in [0.25, 0.3) is 0 Å². The largest absolute Gasteiger partial charge is 0.480 e. The van der Waals surface area contributed by atoms with Crippen molar-refractivity contribution >= 4 is 12.0 Å². The minimum absolute atomic E-state index is 0.0504. The molecule has 2 fully saturated rings. The van der Waals surface area contributed by atoms with Crippen LogP contribution in [0.1, 0.15) is 19.3 Å². The summed E-state index contributed by atoms with van der Waals surface area (Å²) < 4.78 is 10.7. The Balaban J connectivity index is 1.92. The van der Waals surface area contributed by atoms with E-state index in [2.05, 4.69) is 0 Å². The van der Waals surface area contributed by atoms with Crippen LogP contribution in [0.4, 0.5) is 4.79 Å². The Morgan fingerprint density at radius 2 is 2.15 bits per heavy atom. The van der Waals surface area contributed by atoms with E-state index in [-0.39, 0.29) is 18.7 Å². The van der Waals surface area contributed by atoms with Gasteiger partial charge in [-0.2, -0.15) is 0 Å². The molecule has 2 aliphatic rings. The van der Waals surface area contributed by atoms with Crippen molar-refractivity contribution in [2.24, 2.45) is 0 Å². The number of carboxylic acid groups (broad SMARTS) is 1. The van der Waals surface area contributed by atoms with Crippen LogP contribution in [0, 0.1) is 0 Å². The maximum absolute atomic E-state index is 12.4. The predicted octanol–water partition coefficient (Wildman–Crippen LogP) is 0.393. The summed E-state index contributed by atoms with van der Waals surface area (Å²) >= 11 is 0. The number of morpholine rings is 1. The monoisotopic (exact) mass is 286 g/mol. The van der Waals surface area contributed by atoms with Gasteiger partial charge >= 0.3 is 12.0 Å². The molecule has 7 nitrogen and oxygen atoms in total. The summed E-state index contributed by atoms with van der Waals surface area (Å²) in [5.41, 5.74) is 0. The van der Waals surface area contributed by atoms with Gasteiger partial charge in [-0.05, 0) is 19.3 Å². The molecule has 2 amide bonds. The summed E-state index contributed by atoms with van der Waals surface area (Å²) in [5, 5.41) is 9.14. The number of hydrogen-bond donors (Lipinski definition) is 1. The van der Waals surface area contributed by atoms with Gasteiger partial charge in [-0.25, -0.2) is 9.59 Å². The third-order valence-corrected chi connectivity index (χ3v) is 3.74. The molecule has 0 spiro atoms. The van der Waals surface area contributed by atoms with Crippen molar-refractivity contribution in [1.82, 2.24) is 9.80 Å². The van der Waals surface area contributed by atoms with E-state index in [9.17, 15) is 9.59 Å². The van der Waals surface area contributed by atoms with E-state index < -0.39 is 12.0 Å². The van der Waals surface area contributed by atoms with Crippen LogP contribution in [0.5, 0.6) is 0 Å². The lowest BCUT2D eigenvalue weighted by molar-refractivity contribution is -0.147. The van der Waals surface area contributed by atoms with E-state index in [1.54, 1.807) is 11.9 Å². The van der Waals surface area contributed by atoms with Crippen LogP contribution in [0.25, 0.3) is 0 Å². The maximum atomic E-state index is 12.4. The van der Waals surface area contributed by atoms with Crippen molar-refractivity contribution in [3.63, 3.8) is 0 Å². The Labute approximate surface area is 118 Å². The molecule has 7 heteroatoms. The Hall–Kier alpha value is -1.34. The Morgan fingerprint density at radius 1 is 1.35 bits per heavy atom. The highest BCUT2D eigenvalue weighted by Crippen LogP contribution is 2.15. The molecule has 0 saturated carbocycles. The third kappa shape index (κ3) is 3.61. The molecule has 2 rings (SSSR count). The molecule has 2 atom stereocenters. The van der Waals surface area contributed by atoms with Crippen molar-refractivity contribution in [2.45, 2.75) is 31.4 Å². The molecular formula is C13H22N2O5. The number of nitrogens with zero attached hydrogens (tertiary/aromatic N) is 2. The van der Waals surface area contributed by atoms with Gasteiger partial charge in [-0.1, -0.05) is 0 Å². The normalized spacial score (nSPS) is 27.1. The average molecular weight is 286 g/mol. The van der Waals surface area contributed by atoms with Gasteiger partial charge in [0.2, 0.25) is 0 Å². The van der Waals surface area contributed by atoms with Crippen LogP contribution in [-0.4, -0.2) is 79.0 Å². The molecule has 2 unspecified atom stereocenters. The van der Waals surface area contributed by atoms with E-state index in [0.717, 1.165) is 25.9 Å². The summed E-state index contributed by atoms with van der Waals surface area (Å²) in [6.45, 7) is 1.98. The molecule has 2 heterocycles. The van der Waals surface area contributed by atoms with Gasteiger partial charge in [0.05, 0.1) is 19.3 Å². The predicted molar refractivity (Wildman–Crippen MR) is 70.6 cm³/mol. The van der Waals surface area contributed by atoms with Crippen LogP contribution < -0.4 is 0 Å². The first-order valence-corrected chi connectivity index (χ1v) is 7.03. The summed E-state index contributed by atoms with van der Waals surface area (Å²) in [6.07, 6.45) is 3.19. The molecule has 1 N–H and O–H groups in total. The van der Waals surface area contributed by atoms with Gasteiger partial charge in [0, 0.05) is 26.7 Å². The quantitative estimate of drug-likeness (QED) is 0.812. The van der Waals surface area contributed by atoms with Crippen LogP contribution in [-0.2, 0) is 14.3 Å². The zero-order valence-electron chi connectivity index (χ0n) is 11.8. The molecule has 2 saturated heterocycles. The van der Waals surface area contributed by atoms with Gasteiger partial charge < -0.3 is 24.4 Å². The summed E-state index contributed by atoms with van der Waals surface area (Å²) in [6, 6.07) is -1.17. The van der Waals surface area contributed by atoms with E-state index >= 15 is 0 Å². The number of carboxylic acids is 1. The third-order valence-electron chi connectivity index (χ3n) is 3.74. The second-order valence-corrected chi connectivity index (χ2v) is 5.27. The lowest BCUT2D eigenvalue weighted by Crippen LogP contribution is -2.56. The molecule has 0 aromatic carbocycles. The molecule has 0 aromatic rings. The van der Waals surface area contributed by atoms with Crippen molar-refractivity contribution in [3.8, 4) is 0 Å². The number of amides is 2. The molecule has 2 aliphatic heterocycles. The number of carbonyl (C=O) groups excluding carboxylic acids is 1. The van der Waals surface area contributed by atoms with Crippen molar-refractivity contribution in [3.05, 3.63) is 0 Å². The van der Waals surface area contributed by atoms with Crippen LogP contribution >= 0.6 is 0 Å². The van der Waals surface area contributed by atoms with Crippen molar-refractivity contribution in [2.75, 3.05) is 40.0 Å². The zero-order valence-corrected chi connectivity index (χ0v) is 11.8. The van der Waals surface area contributed by atoms with E-state index in [1.807, 2.05) is 0 Å². The van der Waals surface area contributed by atoms with Gasteiger partial charge in [0.15, 0.2) is 6.04 Å².